The number of nitrogens with zero attached hydrogens (tertiary/aromatic N) is 3. The molecule has 2 heterocycles. The molecule has 0 aliphatic carbocycles. The Morgan fingerprint density at radius 3 is 2.52 bits per heavy atom. The van der Waals surface area contributed by atoms with Crippen LogP contribution in [0.3, 0.4) is 0 Å². The minimum atomic E-state index is -3.91. The lowest BCUT2D eigenvalue weighted by Crippen LogP contribution is -2.25. The molecule has 1 aromatic carbocycles. The number of halogens is 3. The Morgan fingerprint density at radius 2 is 1.88 bits per heavy atom. The second-order valence-corrected chi connectivity index (χ2v) is 8.39. The van der Waals surface area contributed by atoms with E-state index in [2.05, 4.69) is 30.7 Å². The number of hydrogen-bond acceptors (Lipinski definition) is 4. The first-order valence-corrected chi connectivity index (χ1v) is 10.00. The average molecular weight is 462 g/mol. The molecule has 1 N–H and O–H groups in total. The van der Waals surface area contributed by atoms with Gasteiger partial charge in [0.05, 0.1) is 10.0 Å². The van der Waals surface area contributed by atoms with E-state index < -0.39 is 10.0 Å². The summed E-state index contributed by atoms with van der Waals surface area (Å²) in [7, 11) is -3.91. The van der Waals surface area contributed by atoms with E-state index in [0.717, 1.165) is 0 Å². The molecular weight excluding hydrogens is 451 g/mol. The molecule has 0 fully saturated rings. The van der Waals surface area contributed by atoms with Crippen molar-refractivity contribution in [3.8, 4) is 5.82 Å². The molecule has 10 heteroatoms. The number of hydrogen-bond donors (Lipinski definition) is 1. The molecule has 25 heavy (non-hydrogen) atoms. The molecule has 0 aliphatic heterocycles. The van der Waals surface area contributed by atoms with Gasteiger partial charge in [-0.2, -0.15) is 5.10 Å². The standard InChI is InChI=1S/C15H11BrCl2N4O2S/c16-11-7-12(17)14(13(18)8-11)25(23,24)21-9-10-3-1-4-19-15(10)22-6-2-5-20-22/h1-8,21H,9H2. The van der Waals surface area contributed by atoms with Gasteiger partial charge < -0.3 is 0 Å². The lowest BCUT2D eigenvalue weighted by Gasteiger charge is -2.12. The minimum Gasteiger partial charge on any atom is -0.237 e. The van der Waals surface area contributed by atoms with Crippen molar-refractivity contribution in [1.82, 2.24) is 19.5 Å². The smallest absolute Gasteiger partial charge is 0.237 e. The first-order chi connectivity index (χ1) is 11.9. The van der Waals surface area contributed by atoms with E-state index in [4.69, 9.17) is 23.2 Å². The Labute approximate surface area is 163 Å². The summed E-state index contributed by atoms with van der Waals surface area (Å²) in [6.07, 6.45) is 4.95. The Kier molecular flexibility index (Phi) is 5.45. The summed E-state index contributed by atoms with van der Waals surface area (Å²) in [6.45, 7) is 0.00802. The zero-order valence-electron chi connectivity index (χ0n) is 12.5. The van der Waals surface area contributed by atoms with Gasteiger partial charge in [0, 0.05) is 35.2 Å². The van der Waals surface area contributed by atoms with Crippen LogP contribution >= 0.6 is 39.1 Å². The van der Waals surface area contributed by atoms with Crippen LogP contribution in [0.5, 0.6) is 0 Å². The van der Waals surface area contributed by atoms with E-state index in [0.29, 0.717) is 15.9 Å². The number of nitrogens with one attached hydrogen (secondary N) is 1. The zero-order chi connectivity index (χ0) is 18.0. The van der Waals surface area contributed by atoms with Crippen molar-refractivity contribution in [3.05, 3.63) is 69.0 Å². The average Bonchev–Trinajstić information content (AvgIpc) is 3.06. The molecular formula is C15H11BrCl2N4O2S. The van der Waals surface area contributed by atoms with Crippen LogP contribution in [-0.4, -0.2) is 23.2 Å². The number of pyridine rings is 1. The summed E-state index contributed by atoms with van der Waals surface area (Å²) in [5.41, 5.74) is 0.652. The maximum Gasteiger partial charge on any atom is 0.243 e. The lowest BCUT2D eigenvalue weighted by molar-refractivity contribution is 0.581. The lowest BCUT2D eigenvalue weighted by atomic mass is 10.2. The molecule has 130 valence electrons. The second-order valence-electron chi connectivity index (χ2n) is 4.96. The van der Waals surface area contributed by atoms with Gasteiger partial charge in [-0.05, 0) is 24.3 Å². The zero-order valence-corrected chi connectivity index (χ0v) is 16.4. The van der Waals surface area contributed by atoms with Crippen molar-refractivity contribution in [2.24, 2.45) is 0 Å². The van der Waals surface area contributed by atoms with Gasteiger partial charge in [0.2, 0.25) is 10.0 Å². The molecule has 0 aliphatic rings. The molecule has 0 saturated heterocycles. The fourth-order valence-electron chi connectivity index (χ4n) is 2.20. The molecule has 0 saturated carbocycles. The van der Waals surface area contributed by atoms with Crippen molar-refractivity contribution >= 4 is 49.2 Å². The largest absolute Gasteiger partial charge is 0.243 e. The van der Waals surface area contributed by atoms with Gasteiger partial charge in [0.15, 0.2) is 5.82 Å². The predicted octanol–water partition coefficient (Wildman–Crippen LogP) is 3.82. The van der Waals surface area contributed by atoms with Gasteiger partial charge in [-0.15, -0.1) is 0 Å². The summed E-state index contributed by atoms with van der Waals surface area (Å²) >= 11 is 15.3. The molecule has 0 atom stereocenters. The fourth-order valence-corrected chi connectivity index (χ4v) is 5.14. The van der Waals surface area contributed by atoms with Crippen LogP contribution in [0.1, 0.15) is 5.56 Å². The normalized spacial score (nSPS) is 11.6. The van der Waals surface area contributed by atoms with E-state index in [-0.39, 0.29) is 21.5 Å². The number of benzene rings is 1. The summed E-state index contributed by atoms with van der Waals surface area (Å²) < 4.78 is 29.9. The monoisotopic (exact) mass is 460 g/mol. The molecule has 0 radical (unpaired) electrons. The first-order valence-electron chi connectivity index (χ1n) is 6.96. The topological polar surface area (TPSA) is 76.9 Å². The molecule has 0 bridgehead atoms. The van der Waals surface area contributed by atoms with Gasteiger partial charge in [-0.25, -0.2) is 22.8 Å². The molecule has 6 nitrogen and oxygen atoms in total. The maximum atomic E-state index is 12.6. The van der Waals surface area contributed by atoms with Crippen LogP contribution in [0.4, 0.5) is 0 Å². The summed E-state index contributed by atoms with van der Waals surface area (Å²) in [6, 6.07) is 8.18. The van der Waals surface area contributed by atoms with E-state index in [1.165, 1.54) is 12.1 Å². The maximum absolute atomic E-state index is 12.6. The number of aromatic nitrogens is 3. The number of sulfonamides is 1. The summed E-state index contributed by atoms with van der Waals surface area (Å²) in [4.78, 5) is 4.09. The molecule has 0 amide bonds. The van der Waals surface area contributed by atoms with Crippen LogP contribution in [0.2, 0.25) is 10.0 Å². The van der Waals surface area contributed by atoms with Crippen molar-refractivity contribution in [1.29, 1.82) is 0 Å². The predicted molar refractivity (Wildman–Crippen MR) is 99.5 cm³/mol. The van der Waals surface area contributed by atoms with Gasteiger partial charge in [0.25, 0.3) is 0 Å². The quantitative estimate of drug-likeness (QED) is 0.626. The van der Waals surface area contributed by atoms with Crippen LogP contribution in [0.15, 0.2) is 58.3 Å². The van der Waals surface area contributed by atoms with Gasteiger partial charge in [0.1, 0.15) is 4.90 Å². The van der Waals surface area contributed by atoms with Crippen LogP contribution in [-0.2, 0) is 16.6 Å². The third-order valence-electron chi connectivity index (χ3n) is 3.27. The third-order valence-corrected chi connectivity index (χ3v) is 6.05. The van der Waals surface area contributed by atoms with Crippen molar-refractivity contribution in [3.63, 3.8) is 0 Å². The number of rotatable bonds is 5. The molecule has 2 aromatic heterocycles. The molecule has 3 aromatic rings. The third kappa shape index (κ3) is 4.04. The van der Waals surface area contributed by atoms with Crippen molar-refractivity contribution in [2.75, 3.05) is 0 Å². The van der Waals surface area contributed by atoms with Crippen LogP contribution in [0.25, 0.3) is 5.82 Å². The van der Waals surface area contributed by atoms with Gasteiger partial charge in [-0.3, -0.25) is 0 Å². The Hall–Kier alpha value is -1.45. The van der Waals surface area contributed by atoms with E-state index in [1.54, 1.807) is 41.5 Å². The Balaban J connectivity index is 1.90. The highest BCUT2D eigenvalue weighted by molar-refractivity contribution is 9.10. The summed E-state index contributed by atoms with van der Waals surface area (Å²) in [5, 5.41) is 4.18. The molecule has 3 rings (SSSR count). The molecule has 0 spiro atoms. The highest BCUT2D eigenvalue weighted by Gasteiger charge is 2.22. The molecule has 0 unspecified atom stereocenters. The van der Waals surface area contributed by atoms with Crippen LogP contribution in [0, 0.1) is 0 Å². The van der Waals surface area contributed by atoms with E-state index >= 15 is 0 Å². The van der Waals surface area contributed by atoms with Crippen molar-refractivity contribution in [2.45, 2.75) is 11.4 Å². The Bertz CT molecular complexity index is 987. The first kappa shape index (κ1) is 18.3. The van der Waals surface area contributed by atoms with Gasteiger partial charge >= 0.3 is 0 Å². The Morgan fingerprint density at radius 1 is 1.16 bits per heavy atom. The van der Waals surface area contributed by atoms with E-state index in [1.807, 2.05) is 0 Å². The highest BCUT2D eigenvalue weighted by atomic mass is 79.9. The highest BCUT2D eigenvalue weighted by Crippen LogP contribution is 2.32. The summed E-state index contributed by atoms with van der Waals surface area (Å²) in [5.74, 6) is 0.531. The second kappa shape index (κ2) is 7.43. The van der Waals surface area contributed by atoms with Gasteiger partial charge in [-0.1, -0.05) is 45.2 Å². The van der Waals surface area contributed by atoms with Crippen molar-refractivity contribution < 1.29 is 8.42 Å². The van der Waals surface area contributed by atoms with E-state index in [9.17, 15) is 8.42 Å². The van der Waals surface area contributed by atoms with Crippen LogP contribution < -0.4 is 4.72 Å². The fraction of sp³-hybridized carbons (Fsp3) is 0.0667. The SMILES string of the molecule is O=S(=O)(NCc1cccnc1-n1cccn1)c1c(Cl)cc(Br)cc1Cl. The minimum absolute atomic E-state index is 0.00802.